The zero-order valence-corrected chi connectivity index (χ0v) is 17.5. The number of carbonyl (C=O) groups excluding carboxylic acids is 1. The smallest absolute Gasteiger partial charge is 0.169 e. The fourth-order valence-electron chi connectivity index (χ4n) is 4.48. The van der Waals surface area contributed by atoms with Crippen molar-refractivity contribution in [3.8, 4) is 0 Å². The molecule has 0 bridgehead atoms. The van der Waals surface area contributed by atoms with E-state index < -0.39 is 0 Å². The van der Waals surface area contributed by atoms with E-state index in [2.05, 4.69) is 34.3 Å². The topological polar surface area (TPSA) is 58.1 Å². The molecular weight excluding hydrogens is 372 g/mol. The average Bonchev–Trinajstić information content (AvgIpc) is 2.61. The molecule has 2 aromatic heterocycles. The highest BCUT2D eigenvalue weighted by molar-refractivity contribution is 6.30. The van der Waals surface area contributed by atoms with E-state index in [0.29, 0.717) is 22.3 Å². The van der Waals surface area contributed by atoms with Gasteiger partial charge < -0.3 is 10.2 Å². The van der Waals surface area contributed by atoms with Gasteiger partial charge in [0.15, 0.2) is 5.78 Å². The third-order valence-electron chi connectivity index (χ3n) is 6.24. The Balaban J connectivity index is 1.60. The van der Waals surface area contributed by atoms with E-state index in [9.17, 15) is 4.79 Å². The second-order valence-electron chi connectivity index (χ2n) is 8.66. The van der Waals surface area contributed by atoms with Crippen LogP contribution in [-0.4, -0.2) is 47.3 Å². The molecule has 0 atom stereocenters. The van der Waals surface area contributed by atoms with Gasteiger partial charge in [-0.2, -0.15) is 0 Å². The van der Waals surface area contributed by atoms with Crippen molar-refractivity contribution in [2.24, 2.45) is 11.8 Å². The maximum atomic E-state index is 13.0. The van der Waals surface area contributed by atoms with Gasteiger partial charge in [0.1, 0.15) is 10.7 Å². The standard InChI is InChI=1S/C22H29ClN4O/c1-27(2)13-14-6-8-16(9-7-14)25-20-17(22(28)15-4-3-5-15)12-24-18-10-11-19(23)26-21(18)20/h10-12,14-16H,3-9,13H2,1-2H3,(H,24,25)/t14-,16-. The highest BCUT2D eigenvalue weighted by Gasteiger charge is 2.30. The lowest BCUT2D eigenvalue weighted by molar-refractivity contribution is 0.0855. The number of halogens is 1. The van der Waals surface area contributed by atoms with Crippen molar-refractivity contribution >= 4 is 34.1 Å². The lowest BCUT2D eigenvalue weighted by Gasteiger charge is -2.32. The van der Waals surface area contributed by atoms with E-state index in [1.165, 1.54) is 12.8 Å². The quantitative estimate of drug-likeness (QED) is 0.557. The number of pyridine rings is 2. The number of rotatable bonds is 6. The molecule has 0 spiro atoms. The fourth-order valence-corrected chi connectivity index (χ4v) is 4.62. The van der Waals surface area contributed by atoms with E-state index >= 15 is 0 Å². The van der Waals surface area contributed by atoms with Gasteiger partial charge in [0.2, 0.25) is 0 Å². The van der Waals surface area contributed by atoms with E-state index in [0.717, 1.165) is 55.8 Å². The van der Waals surface area contributed by atoms with E-state index in [1.807, 2.05) is 6.07 Å². The van der Waals surface area contributed by atoms with Gasteiger partial charge in [0, 0.05) is 24.7 Å². The largest absolute Gasteiger partial charge is 0.380 e. The Kier molecular flexibility index (Phi) is 5.83. The highest BCUT2D eigenvalue weighted by atomic mass is 35.5. The molecule has 28 heavy (non-hydrogen) atoms. The summed E-state index contributed by atoms with van der Waals surface area (Å²) in [7, 11) is 4.28. The number of nitrogens with zero attached hydrogens (tertiary/aromatic N) is 3. The van der Waals surface area contributed by atoms with Crippen LogP contribution in [0.25, 0.3) is 11.0 Å². The minimum Gasteiger partial charge on any atom is -0.380 e. The summed E-state index contributed by atoms with van der Waals surface area (Å²) in [6.45, 7) is 1.15. The van der Waals surface area contributed by atoms with Crippen molar-refractivity contribution in [1.29, 1.82) is 0 Å². The van der Waals surface area contributed by atoms with Crippen molar-refractivity contribution < 1.29 is 4.79 Å². The number of ketones is 1. The zero-order chi connectivity index (χ0) is 19.7. The molecule has 2 aliphatic rings. The highest BCUT2D eigenvalue weighted by Crippen LogP contribution is 2.36. The van der Waals surface area contributed by atoms with Crippen molar-refractivity contribution in [3.63, 3.8) is 0 Å². The molecule has 0 unspecified atom stereocenters. The molecule has 0 radical (unpaired) electrons. The lowest BCUT2D eigenvalue weighted by atomic mass is 9.79. The van der Waals surface area contributed by atoms with Crippen LogP contribution in [0.2, 0.25) is 5.15 Å². The summed E-state index contributed by atoms with van der Waals surface area (Å²) < 4.78 is 0. The van der Waals surface area contributed by atoms with Crippen LogP contribution in [0.3, 0.4) is 0 Å². The molecule has 2 aromatic rings. The SMILES string of the molecule is CN(C)C[C@H]1CC[C@H](Nc2c(C(=O)C3CCC3)cnc3ccc(Cl)nc23)CC1. The summed E-state index contributed by atoms with van der Waals surface area (Å²) >= 11 is 6.18. The number of carbonyl (C=O) groups is 1. The molecule has 2 fully saturated rings. The van der Waals surface area contributed by atoms with Crippen LogP contribution in [0.15, 0.2) is 18.3 Å². The normalized spacial score (nSPS) is 23.0. The third-order valence-corrected chi connectivity index (χ3v) is 6.45. The van der Waals surface area contributed by atoms with Crippen LogP contribution in [0.4, 0.5) is 5.69 Å². The molecule has 0 aliphatic heterocycles. The molecule has 0 aromatic carbocycles. The Morgan fingerprint density at radius 2 is 1.93 bits per heavy atom. The zero-order valence-electron chi connectivity index (χ0n) is 16.7. The number of Topliss-reactive ketones (excluding diaryl/α,β-unsaturated/α-hetero) is 1. The molecular formula is C22H29ClN4O. The van der Waals surface area contributed by atoms with E-state index in [4.69, 9.17) is 11.6 Å². The molecule has 6 heteroatoms. The van der Waals surface area contributed by atoms with Gasteiger partial charge in [0.25, 0.3) is 0 Å². The van der Waals surface area contributed by atoms with Crippen LogP contribution in [0.1, 0.15) is 55.3 Å². The van der Waals surface area contributed by atoms with Gasteiger partial charge in [-0.3, -0.25) is 9.78 Å². The van der Waals surface area contributed by atoms with Crippen LogP contribution in [0, 0.1) is 11.8 Å². The Morgan fingerprint density at radius 3 is 2.57 bits per heavy atom. The predicted molar refractivity (Wildman–Crippen MR) is 114 cm³/mol. The molecule has 1 N–H and O–H groups in total. The summed E-state index contributed by atoms with van der Waals surface area (Å²) in [5.74, 6) is 1.09. The minimum atomic E-state index is 0.134. The minimum absolute atomic E-state index is 0.134. The van der Waals surface area contributed by atoms with Crippen molar-refractivity contribution in [3.05, 3.63) is 29.0 Å². The molecule has 2 aliphatic carbocycles. The Hall–Kier alpha value is -1.72. The van der Waals surface area contributed by atoms with Gasteiger partial charge >= 0.3 is 0 Å². The lowest BCUT2D eigenvalue weighted by Crippen LogP contribution is -2.32. The Bertz CT molecular complexity index is 857. The molecule has 150 valence electrons. The first-order chi connectivity index (χ1) is 13.5. The van der Waals surface area contributed by atoms with Gasteiger partial charge in [-0.15, -0.1) is 0 Å². The van der Waals surface area contributed by atoms with Gasteiger partial charge in [-0.1, -0.05) is 18.0 Å². The summed E-state index contributed by atoms with van der Waals surface area (Å²) in [6.07, 6.45) is 9.47. The van der Waals surface area contributed by atoms with E-state index in [-0.39, 0.29) is 11.7 Å². The Morgan fingerprint density at radius 1 is 1.18 bits per heavy atom. The molecule has 5 nitrogen and oxygen atoms in total. The predicted octanol–water partition coefficient (Wildman–Crippen LogP) is 4.80. The summed E-state index contributed by atoms with van der Waals surface area (Å²) in [6, 6.07) is 3.99. The number of hydrogen-bond acceptors (Lipinski definition) is 5. The van der Waals surface area contributed by atoms with Crippen LogP contribution in [-0.2, 0) is 0 Å². The third kappa shape index (κ3) is 4.15. The van der Waals surface area contributed by atoms with Crippen LogP contribution in [0.5, 0.6) is 0 Å². The van der Waals surface area contributed by atoms with Crippen molar-refractivity contribution in [1.82, 2.24) is 14.9 Å². The number of aromatic nitrogens is 2. The summed E-state index contributed by atoms with van der Waals surface area (Å²) in [5, 5.41) is 4.11. The number of anilines is 1. The average molecular weight is 401 g/mol. The number of nitrogens with one attached hydrogen (secondary N) is 1. The monoisotopic (exact) mass is 400 g/mol. The number of fused-ring (bicyclic) bond motifs is 1. The maximum absolute atomic E-state index is 13.0. The first-order valence-electron chi connectivity index (χ1n) is 10.4. The number of hydrogen-bond donors (Lipinski definition) is 1. The van der Waals surface area contributed by atoms with Crippen molar-refractivity contribution in [2.45, 2.75) is 51.0 Å². The Labute approximate surface area is 171 Å². The van der Waals surface area contributed by atoms with Gasteiger partial charge in [0.05, 0.1) is 16.8 Å². The molecule has 0 amide bonds. The van der Waals surface area contributed by atoms with Gasteiger partial charge in [-0.25, -0.2) is 4.98 Å². The summed E-state index contributed by atoms with van der Waals surface area (Å²) in [4.78, 5) is 24.3. The van der Waals surface area contributed by atoms with Gasteiger partial charge in [-0.05, 0) is 70.7 Å². The first kappa shape index (κ1) is 19.6. The van der Waals surface area contributed by atoms with Crippen LogP contribution < -0.4 is 5.32 Å². The molecule has 2 saturated carbocycles. The fraction of sp³-hybridized carbons (Fsp3) is 0.591. The first-order valence-corrected chi connectivity index (χ1v) is 10.8. The second-order valence-corrected chi connectivity index (χ2v) is 9.05. The summed E-state index contributed by atoms with van der Waals surface area (Å²) in [5.41, 5.74) is 3.01. The molecule has 4 rings (SSSR count). The van der Waals surface area contributed by atoms with E-state index in [1.54, 1.807) is 12.3 Å². The van der Waals surface area contributed by atoms with Crippen molar-refractivity contribution in [2.75, 3.05) is 26.0 Å². The molecule has 0 saturated heterocycles. The maximum Gasteiger partial charge on any atom is 0.169 e. The second kappa shape index (κ2) is 8.34. The van der Waals surface area contributed by atoms with Crippen LogP contribution >= 0.6 is 11.6 Å². The molecule has 2 heterocycles.